The minimum absolute atomic E-state index is 0.0641. The number of hydrogen-bond acceptors (Lipinski definition) is 3. The molecule has 17 heavy (non-hydrogen) atoms. The average molecular weight is 250 g/mol. The van der Waals surface area contributed by atoms with Gasteiger partial charge in [-0.05, 0) is 24.3 Å². The molecule has 0 aliphatic carbocycles. The normalized spacial score (nSPS) is 9.94. The smallest absolute Gasteiger partial charge is 0.339 e. The Morgan fingerprint density at radius 2 is 2.00 bits per heavy atom. The highest BCUT2D eigenvalue weighted by Gasteiger charge is 2.12. The van der Waals surface area contributed by atoms with Crippen LogP contribution in [0.4, 0.5) is 0 Å². The van der Waals surface area contributed by atoms with Crippen molar-refractivity contribution in [2.45, 2.75) is 0 Å². The molecular formula is C12H8ClNO3. The highest BCUT2D eigenvalue weighted by atomic mass is 35.5. The summed E-state index contributed by atoms with van der Waals surface area (Å²) in [6.07, 6.45) is 1.52. The van der Waals surface area contributed by atoms with Gasteiger partial charge < -0.3 is 9.84 Å². The highest BCUT2D eigenvalue weighted by Crippen LogP contribution is 2.28. The molecule has 0 radical (unpaired) electrons. The lowest BCUT2D eigenvalue weighted by Crippen LogP contribution is -2.00. The van der Waals surface area contributed by atoms with Crippen LogP contribution < -0.4 is 4.74 Å². The Hall–Kier alpha value is -2.07. The van der Waals surface area contributed by atoms with Crippen molar-refractivity contribution >= 4 is 17.6 Å². The predicted molar refractivity (Wildman–Crippen MR) is 62.7 cm³/mol. The molecule has 0 aliphatic heterocycles. The van der Waals surface area contributed by atoms with Crippen molar-refractivity contribution in [1.82, 2.24) is 4.98 Å². The monoisotopic (exact) mass is 249 g/mol. The van der Waals surface area contributed by atoms with Gasteiger partial charge in [0.1, 0.15) is 16.3 Å². The molecule has 0 aliphatic rings. The first-order chi connectivity index (χ1) is 8.18. The van der Waals surface area contributed by atoms with Crippen LogP contribution in [0.2, 0.25) is 5.02 Å². The number of ether oxygens (including phenoxy) is 1. The van der Waals surface area contributed by atoms with Crippen LogP contribution in [0.5, 0.6) is 11.6 Å². The third-order valence-electron chi connectivity index (χ3n) is 2.05. The number of carboxylic acid groups (broad SMARTS) is 1. The fourth-order valence-corrected chi connectivity index (χ4v) is 1.44. The van der Waals surface area contributed by atoms with Gasteiger partial charge in [-0.1, -0.05) is 23.7 Å². The van der Waals surface area contributed by atoms with Crippen LogP contribution >= 0.6 is 11.6 Å². The first-order valence-corrected chi connectivity index (χ1v) is 5.17. The van der Waals surface area contributed by atoms with Gasteiger partial charge >= 0.3 is 5.97 Å². The Kier molecular flexibility index (Phi) is 3.25. The first kappa shape index (κ1) is 11.4. The molecule has 1 N–H and O–H groups in total. The third kappa shape index (κ3) is 2.54. The second-order valence-corrected chi connectivity index (χ2v) is 3.60. The van der Waals surface area contributed by atoms with E-state index in [0.717, 1.165) is 0 Å². The van der Waals surface area contributed by atoms with Crippen molar-refractivity contribution < 1.29 is 14.6 Å². The van der Waals surface area contributed by atoms with Gasteiger partial charge in [0.2, 0.25) is 5.88 Å². The largest absolute Gasteiger partial charge is 0.478 e. The van der Waals surface area contributed by atoms with Gasteiger partial charge in [0.25, 0.3) is 0 Å². The predicted octanol–water partition coefficient (Wildman–Crippen LogP) is 3.23. The Labute approximate surface area is 102 Å². The van der Waals surface area contributed by atoms with E-state index in [-0.39, 0.29) is 17.2 Å². The van der Waals surface area contributed by atoms with E-state index in [9.17, 15) is 4.79 Å². The zero-order valence-electron chi connectivity index (χ0n) is 8.63. The molecule has 1 heterocycles. The molecule has 4 nitrogen and oxygen atoms in total. The molecule has 1 aromatic heterocycles. The van der Waals surface area contributed by atoms with Crippen molar-refractivity contribution in [3.63, 3.8) is 0 Å². The molecule has 0 amide bonds. The number of para-hydroxylation sites is 1. The molecule has 0 atom stereocenters. The van der Waals surface area contributed by atoms with Crippen LogP contribution in [0.15, 0.2) is 42.6 Å². The van der Waals surface area contributed by atoms with Gasteiger partial charge in [-0.2, -0.15) is 0 Å². The summed E-state index contributed by atoms with van der Waals surface area (Å²) in [5.74, 6) is -0.670. The molecule has 86 valence electrons. The van der Waals surface area contributed by atoms with Crippen LogP contribution in [-0.2, 0) is 0 Å². The summed E-state index contributed by atoms with van der Waals surface area (Å²) < 4.78 is 5.38. The zero-order valence-corrected chi connectivity index (χ0v) is 9.39. The quantitative estimate of drug-likeness (QED) is 0.907. The van der Waals surface area contributed by atoms with Gasteiger partial charge in [0.15, 0.2) is 0 Å². The van der Waals surface area contributed by atoms with Crippen LogP contribution in [-0.4, -0.2) is 16.1 Å². The number of rotatable bonds is 3. The Bertz CT molecular complexity index is 557. The maximum Gasteiger partial charge on any atom is 0.339 e. The van der Waals surface area contributed by atoms with Crippen LogP contribution in [0, 0.1) is 0 Å². The SMILES string of the molecule is O=C(O)c1ccccc1Oc1ncccc1Cl. The standard InChI is InChI=1S/C12H8ClNO3/c13-9-5-3-7-14-11(9)17-10-6-2-1-4-8(10)12(15)16/h1-7H,(H,15,16). The van der Waals surface area contributed by atoms with Gasteiger partial charge in [-0.25, -0.2) is 9.78 Å². The fraction of sp³-hybridized carbons (Fsp3) is 0. The van der Waals surface area contributed by atoms with E-state index >= 15 is 0 Å². The number of aromatic carboxylic acids is 1. The van der Waals surface area contributed by atoms with E-state index in [1.165, 1.54) is 12.3 Å². The molecule has 0 fully saturated rings. The summed E-state index contributed by atoms with van der Waals surface area (Å²) in [6.45, 7) is 0. The number of pyridine rings is 1. The third-order valence-corrected chi connectivity index (χ3v) is 2.34. The molecule has 0 spiro atoms. The summed E-state index contributed by atoms with van der Waals surface area (Å²) in [5, 5.41) is 9.31. The number of benzene rings is 1. The zero-order chi connectivity index (χ0) is 12.3. The molecule has 1 aromatic carbocycles. The van der Waals surface area contributed by atoms with Crippen molar-refractivity contribution in [1.29, 1.82) is 0 Å². The summed E-state index contributed by atoms with van der Waals surface area (Å²) in [7, 11) is 0. The van der Waals surface area contributed by atoms with Gasteiger partial charge in [0, 0.05) is 6.20 Å². The number of aromatic nitrogens is 1. The summed E-state index contributed by atoms with van der Waals surface area (Å²) >= 11 is 5.87. The second-order valence-electron chi connectivity index (χ2n) is 3.19. The van der Waals surface area contributed by atoms with Crippen LogP contribution in [0.1, 0.15) is 10.4 Å². The van der Waals surface area contributed by atoms with E-state index in [2.05, 4.69) is 4.98 Å². The number of halogens is 1. The topological polar surface area (TPSA) is 59.4 Å². The summed E-state index contributed by atoms with van der Waals surface area (Å²) in [5.41, 5.74) is 0.0641. The molecule has 0 unspecified atom stereocenters. The lowest BCUT2D eigenvalue weighted by Gasteiger charge is -2.08. The highest BCUT2D eigenvalue weighted by molar-refractivity contribution is 6.31. The van der Waals surface area contributed by atoms with Crippen LogP contribution in [0.25, 0.3) is 0 Å². The molecular weight excluding hydrogens is 242 g/mol. The minimum atomic E-state index is -1.06. The van der Waals surface area contributed by atoms with E-state index in [0.29, 0.717) is 5.02 Å². The second kappa shape index (κ2) is 4.84. The number of nitrogens with zero attached hydrogens (tertiary/aromatic N) is 1. The summed E-state index contributed by atoms with van der Waals surface area (Å²) in [4.78, 5) is 14.9. The Balaban J connectivity index is 2.37. The number of hydrogen-bond donors (Lipinski definition) is 1. The van der Waals surface area contributed by atoms with Crippen molar-refractivity contribution in [2.24, 2.45) is 0 Å². The fourth-order valence-electron chi connectivity index (χ4n) is 1.28. The van der Waals surface area contributed by atoms with Crippen LogP contribution in [0.3, 0.4) is 0 Å². The number of carboxylic acids is 1. The van der Waals surface area contributed by atoms with Gasteiger partial charge in [-0.15, -0.1) is 0 Å². The average Bonchev–Trinajstić information content (AvgIpc) is 2.32. The lowest BCUT2D eigenvalue weighted by atomic mass is 10.2. The molecule has 2 rings (SSSR count). The molecule has 2 aromatic rings. The first-order valence-electron chi connectivity index (χ1n) is 4.79. The molecule has 5 heteroatoms. The van der Waals surface area contributed by atoms with Crippen molar-refractivity contribution in [2.75, 3.05) is 0 Å². The molecule has 0 bridgehead atoms. The van der Waals surface area contributed by atoms with E-state index in [1.54, 1.807) is 30.3 Å². The van der Waals surface area contributed by atoms with Crippen molar-refractivity contribution in [3.8, 4) is 11.6 Å². The molecule has 0 saturated heterocycles. The minimum Gasteiger partial charge on any atom is -0.478 e. The molecule has 0 saturated carbocycles. The van der Waals surface area contributed by atoms with E-state index in [1.807, 2.05) is 0 Å². The van der Waals surface area contributed by atoms with E-state index in [4.69, 9.17) is 21.4 Å². The van der Waals surface area contributed by atoms with Gasteiger partial charge in [0.05, 0.1) is 0 Å². The number of carbonyl (C=O) groups is 1. The maximum absolute atomic E-state index is 11.0. The van der Waals surface area contributed by atoms with Crippen molar-refractivity contribution in [3.05, 3.63) is 53.2 Å². The Morgan fingerprint density at radius 1 is 1.24 bits per heavy atom. The Morgan fingerprint density at radius 3 is 2.71 bits per heavy atom. The maximum atomic E-state index is 11.0. The summed E-state index contributed by atoms with van der Waals surface area (Å²) in [6, 6.07) is 9.59. The lowest BCUT2D eigenvalue weighted by molar-refractivity contribution is 0.0694. The van der Waals surface area contributed by atoms with E-state index < -0.39 is 5.97 Å². The van der Waals surface area contributed by atoms with Gasteiger partial charge in [-0.3, -0.25) is 0 Å².